The highest BCUT2D eigenvalue weighted by Gasteiger charge is 2.44. The lowest BCUT2D eigenvalue weighted by atomic mass is 9.98. The summed E-state index contributed by atoms with van der Waals surface area (Å²) in [6.45, 7) is 3.51. The van der Waals surface area contributed by atoms with Gasteiger partial charge in [-0.25, -0.2) is 0 Å². The van der Waals surface area contributed by atoms with Gasteiger partial charge in [0.1, 0.15) is 36.6 Å². The van der Waals surface area contributed by atoms with Crippen molar-refractivity contribution in [2.75, 3.05) is 13.2 Å². The van der Waals surface area contributed by atoms with E-state index < -0.39 is 74.2 Å². The molecule has 1 rings (SSSR count). The van der Waals surface area contributed by atoms with Crippen LogP contribution in [0.1, 0.15) is 361 Å². The van der Waals surface area contributed by atoms with Gasteiger partial charge in [-0.2, -0.15) is 0 Å². The van der Waals surface area contributed by atoms with Crippen molar-refractivity contribution in [1.29, 1.82) is 0 Å². The van der Waals surface area contributed by atoms with Gasteiger partial charge in [0.15, 0.2) is 6.29 Å². The molecule has 0 aromatic heterocycles. The summed E-state index contributed by atoms with van der Waals surface area (Å²) in [4.78, 5) is 13.3. The summed E-state index contributed by atoms with van der Waals surface area (Å²) in [5.74, 6) is -0.697. The Balaban J connectivity index is 2.20. The molecule has 0 aromatic carbocycles. The number of hydrogen-bond acceptors (Lipinski definition) is 10. The highest BCUT2D eigenvalue weighted by atomic mass is 16.7. The van der Waals surface area contributed by atoms with Crippen LogP contribution in [-0.2, 0) is 14.3 Å². The molecule has 0 aromatic rings. The lowest BCUT2D eigenvalue weighted by Crippen LogP contribution is -2.60. The van der Waals surface area contributed by atoms with Gasteiger partial charge in [0.25, 0.3) is 0 Å². The maximum Gasteiger partial charge on any atom is 0.249 e. The third-order valence-corrected chi connectivity index (χ3v) is 17.6. The maximum atomic E-state index is 13.3. The Bertz CT molecular complexity index is 1320. The molecule has 81 heavy (non-hydrogen) atoms. The van der Waals surface area contributed by atoms with Gasteiger partial charge in [-0.1, -0.05) is 334 Å². The number of carbonyl (C=O) groups is 1. The van der Waals surface area contributed by atoms with Crippen molar-refractivity contribution >= 4 is 5.91 Å². The van der Waals surface area contributed by atoms with E-state index in [0.717, 1.165) is 38.5 Å². The van der Waals surface area contributed by atoms with Crippen LogP contribution in [0.3, 0.4) is 0 Å². The average molecular weight is 1150 g/mol. The van der Waals surface area contributed by atoms with Crippen LogP contribution in [-0.4, -0.2) is 110 Å². The van der Waals surface area contributed by atoms with Crippen molar-refractivity contribution in [2.45, 2.75) is 416 Å². The van der Waals surface area contributed by atoms with Gasteiger partial charge in [0, 0.05) is 0 Å². The molecule has 1 amide bonds. The van der Waals surface area contributed by atoms with Crippen LogP contribution in [0.4, 0.5) is 0 Å². The summed E-state index contributed by atoms with van der Waals surface area (Å²) in [7, 11) is 0. The topological polar surface area (TPSA) is 189 Å². The number of hydrogen-bond donors (Lipinski definition) is 8. The zero-order chi connectivity index (χ0) is 58.9. The van der Waals surface area contributed by atoms with Crippen molar-refractivity contribution in [1.82, 2.24) is 5.32 Å². The summed E-state index contributed by atoms with van der Waals surface area (Å²) in [5, 5.41) is 76.5. The SMILES string of the molecule is CCCCCCCCCCCCCCCCCCCCCCC/C=C/CCCC(O)C(O)C(COC1OC(CO)C(O)C(O)C1O)NC(=O)C(O)CCCCCCCCCCCCCCCCCCCCCCCCCCCCCC. The molecule has 482 valence electrons. The summed E-state index contributed by atoms with van der Waals surface area (Å²) in [6, 6.07) is -1.18. The lowest BCUT2D eigenvalue weighted by Gasteiger charge is -2.40. The molecule has 9 unspecified atom stereocenters. The van der Waals surface area contributed by atoms with E-state index in [1.54, 1.807) is 0 Å². The molecule has 0 radical (unpaired) electrons. The highest BCUT2D eigenvalue weighted by Crippen LogP contribution is 2.24. The molecule has 1 aliphatic rings. The number of ether oxygens (including phenoxy) is 2. The number of carbonyl (C=O) groups excluding carboxylic acids is 1. The van der Waals surface area contributed by atoms with Crippen molar-refractivity contribution in [3.63, 3.8) is 0 Å². The largest absolute Gasteiger partial charge is 0.394 e. The van der Waals surface area contributed by atoms with Crippen LogP contribution in [0.25, 0.3) is 0 Å². The smallest absolute Gasteiger partial charge is 0.249 e. The first-order valence-electron chi connectivity index (χ1n) is 35.6. The Kier molecular flexibility index (Phi) is 56.9. The number of aliphatic hydroxyl groups excluding tert-OH is 7. The van der Waals surface area contributed by atoms with E-state index in [2.05, 4.69) is 31.3 Å². The first kappa shape index (κ1) is 77.9. The molecular weight excluding hydrogens is 1010 g/mol. The second-order valence-corrected chi connectivity index (χ2v) is 25.3. The van der Waals surface area contributed by atoms with E-state index in [1.807, 2.05) is 0 Å². The highest BCUT2D eigenvalue weighted by molar-refractivity contribution is 5.80. The molecule has 0 spiro atoms. The van der Waals surface area contributed by atoms with Gasteiger partial charge in [-0.15, -0.1) is 0 Å². The van der Waals surface area contributed by atoms with Crippen LogP contribution in [0.15, 0.2) is 12.2 Å². The van der Waals surface area contributed by atoms with Crippen LogP contribution in [0, 0.1) is 0 Å². The molecule has 11 heteroatoms. The van der Waals surface area contributed by atoms with E-state index in [4.69, 9.17) is 9.47 Å². The van der Waals surface area contributed by atoms with Crippen LogP contribution >= 0.6 is 0 Å². The van der Waals surface area contributed by atoms with E-state index >= 15 is 0 Å². The Labute approximate surface area is 500 Å². The normalized spacial score (nSPS) is 19.1. The zero-order valence-corrected chi connectivity index (χ0v) is 53.3. The monoisotopic (exact) mass is 1150 g/mol. The van der Waals surface area contributed by atoms with Gasteiger partial charge in [-0.3, -0.25) is 4.79 Å². The Hall–Kier alpha value is -1.15. The second kappa shape index (κ2) is 59.2. The van der Waals surface area contributed by atoms with E-state index in [0.29, 0.717) is 12.8 Å². The number of allylic oxidation sites excluding steroid dienone is 2. The van der Waals surface area contributed by atoms with Crippen molar-refractivity contribution in [3.8, 4) is 0 Å². The first-order valence-corrected chi connectivity index (χ1v) is 35.6. The molecule has 0 saturated carbocycles. The van der Waals surface area contributed by atoms with Crippen LogP contribution in [0.5, 0.6) is 0 Å². The standard InChI is InChI=1S/C70H137NO10/c1-3-5-7-9-11-13-15-17-19-21-23-25-27-29-31-32-34-36-38-40-42-44-46-48-50-52-54-56-58-63(74)69(79)71-61(60-80-70-68(78)67(77)66(76)64(59-72)81-70)65(75)62(73)57-55-53-51-49-47-45-43-41-39-37-35-33-30-28-26-24-22-20-18-16-14-12-10-8-6-4-2/h49,51,61-68,70,72-78H,3-48,50,52-60H2,1-2H3,(H,71,79)/b51-49+. The number of amides is 1. The third-order valence-electron chi connectivity index (χ3n) is 17.6. The maximum absolute atomic E-state index is 13.3. The van der Waals surface area contributed by atoms with Gasteiger partial charge in [0.2, 0.25) is 5.91 Å². The fourth-order valence-corrected chi connectivity index (χ4v) is 11.9. The van der Waals surface area contributed by atoms with Gasteiger partial charge in [0.05, 0.1) is 25.4 Å². The van der Waals surface area contributed by atoms with Gasteiger partial charge >= 0.3 is 0 Å². The predicted octanol–water partition coefficient (Wildman–Crippen LogP) is 17.0. The second-order valence-electron chi connectivity index (χ2n) is 25.3. The Morgan fingerprint density at radius 3 is 1.06 bits per heavy atom. The molecular formula is C70H137NO10. The molecule has 9 atom stereocenters. The number of aliphatic hydroxyl groups is 7. The Morgan fingerprint density at radius 1 is 0.420 bits per heavy atom. The quantitative estimate of drug-likeness (QED) is 0.0215. The van der Waals surface area contributed by atoms with Crippen LogP contribution in [0.2, 0.25) is 0 Å². The van der Waals surface area contributed by atoms with Crippen molar-refractivity contribution in [2.24, 2.45) is 0 Å². The number of unbranched alkanes of at least 4 members (excludes halogenated alkanes) is 49. The minimum absolute atomic E-state index is 0.260. The predicted molar refractivity (Wildman–Crippen MR) is 339 cm³/mol. The number of rotatable bonds is 63. The minimum Gasteiger partial charge on any atom is -0.394 e. The molecule has 1 heterocycles. The van der Waals surface area contributed by atoms with E-state index in [1.165, 1.54) is 283 Å². The molecule has 11 nitrogen and oxygen atoms in total. The lowest BCUT2D eigenvalue weighted by molar-refractivity contribution is -0.303. The average Bonchev–Trinajstić information content (AvgIpc) is 3.49. The first-order chi connectivity index (χ1) is 39.7. The fraction of sp³-hybridized carbons (Fsp3) is 0.957. The van der Waals surface area contributed by atoms with Gasteiger partial charge in [-0.05, 0) is 38.5 Å². The molecule has 1 saturated heterocycles. The van der Waals surface area contributed by atoms with E-state index in [9.17, 15) is 40.5 Å². The van der Waals surface area contributed by atoms with E-state index in [-0.39, 0.29) is 12.8 Å². The molecule has 1 aliphatic heterocycles. The molecule has 1 fully saturated rings. The molecule has 0 bridgehead atoms. The molecule has 8 N–H and O–H groups in total. The van der Waals surface area contributed by atoms with Crippen molar-refractivity contribution < 1.29 is 50.0 Å². The van der Waals surface area contributed by atoms with Crippen molar-refractivity contribution in [3.05, 3.63) is 12.2 Å². The summed E-state index contributed by atoms with van der Waals surface area (Å²) in [6.07, 6.45) is 61.6. The fourth-order valence-electron chi connectivity index (χ4n) is 11.9. The summed E-state index contributed by atoms with van der Waals surface area (Å²) >= 11 is 0. The van der Waals surface area contributed by atoms with Gasteiger partial charge < -0.3 is 50.5 Å². The molecule has 0 aliphatic carbocycles. The Morgan fingerprint density at radius 2 is 0.728 bits per heavy atom. The van der Waals surface area contributed by atoms with Crippen LogP contribution < -0.4 is 5.32 Å². The summed E-state index contributed by atoms with van der Waals surface area (Å²) in [5.41, 5.74) is 0. The zero-order valence-electron chi connectivity index (χ0n) is 53.3. The summed E-state index contributed by atoms with van der Waals surface area (Å²) < 4.78 is 11.2. The minimum atomic E-state index is -1.67. The number of nitrogens with one attached hydrogen (secondary N) is 1. The third kappa shape index (κ3) is 46.7.